The summed E-state index contributed by atoms with van der Waals surface area (Å²) in [4.78, 5) is 16.3. The Hall–Kier alpha value is -1.33. The van der Waals surface area contributed by atoms with Crippen molar-refractivity contribution in [2.45, 2.75) is 13.1 Å². The molecular formula is C13H22N4O. The lowest BCUT2D eigenvalue weighted by Gasteiger charge is -2.32. The highest BCUT2D eigenvalue weighted by Gasteiger charge is 2.18. The number of nitrogens with zero attached hydrogens (tertiary/aromatic N) is 3. The Bertz CT molecular complexity index is 393. The van der Waals surface area contributed by atoms with Crippen LogP contribution in [0.15, 0.2) is 18.5 Å². The molecule has 0 aromatic carbocycles. The molecule has 0 atom stereocenters. The number of aromatic nitrogens is 1. The quantitative estimate of drug-likeness (QED) is 0.816. The fourth-order valence-electron chi connectivity index (χ4n) is 2.21. The van der Waals surface area contributed by atoms with E-state index in [2.05, 4.69) is 17.3 Å². The number of piperazine rings is 1. The number of hydrogen-bond donors (Lipinski definition) is 1. The van der Waals surface area contributed by atoms with Gasteiger partial charge in [0.1, 0.15) is 6.54 Å². The van der Waals surface area contributed by atoms with Crippen LogP contribution in [0.1, 0.15) is 5.56 Å². The first-order chi connectivity index (χ1) is 8.69. The van der Waals surface area contributed by atoms with Crippen molar-refractivity contribution in [3.63, 3.8) is 0 Å². The van der Waals surface area contributed by atoms with E-state index in [4.69, 9.17) is 0 Å². The number of likely N-dealkylation sites (N-methyl/N-ethyl adjacent to an activating group) is 1. The van der Waals surface area contributed by atoms with E-state index in [1.165, 1.54) is 5.56 Å². The molecule has 2 rings (SSSR count). The number of hydrogen-bond acceptors (Lipinski definition) is 3. The topological polar surface area (TPSA) is 40.5 Å². The van der Waals surface area contributed by atoms with Gasteiger partial charge in [0.15, 0.2) is 0 Å². The van der Waals surface area contributed by atoms with Gasteiger partial charge in [0, 0.05) is 45.1 Å². The second-order valence-electron chi connectivity index (χ2n) is 4.91. The summed E-state index contributed by atoms with van der Waals surface area (Å²) in [6.07, 6.45) is 4.01. The summed E-state index contributed by atoms with van der Waals surface area (Å²) in [5, 5.41) is 3.10. The standard InChI is InChI=1S/C13H22N4O/c1-14-9-12-3-4-16(10-12)11-13(18)17-7-5-15(2)6-8-17/h3-4,10,14H,5-9,11H2,1-2H3. The van der Waals surface area contributed by atoms with Gasteiger partial charge in [0.25, 0.3) is 0 Å². The van der Waals surface area contributed by atoms with Crippen molar-refractivity contribution < 1.29 is 4.79 Å². The Morgan fingerprint density at radius 2 is 2.06 bits per heavy atom. The lowest BCUT2D eigenvalue weighted by Crippen LogP contribution is -2.48. The van der Waals surface area contributed by atoms with Crippen LogP contribution in [0, 0.1) is 0 Å². The van der Waals surface area contributed by atoms with E-state index in [0.29, 0.717) is 6.54 Å². The molecule has 1 saturated heterocycles. The summed E-state index contributed by atoms with van der Waals surface area (Å²) in [6.45, 7) is 4.94. The number of nitrogens with one attached hydrogen (secondary N) is 1. The number of rotatable bonds is 4. The van der Waals surface area contributed by atoms with Crippen LogP contribution in [0.2, 0.25) is 0 Å². The normalized spacial score (nSPS) is 17.1. The third-order valence-corrected chi connectivity index (χ3v) is 3.37. The van der Waals surface area contributed by atoms with E-state index >= 15 is 0 Å². The Morgan fingerprint density at radius 3 is 2.72 bits per heavy atom. The first-order valence-electron chi connectivity index (χ1n) is 6.44. The van der Waals surface area contributed by atoms with E-state index in [1.807, 2.05) is 35.0 Å². The van der Waals surface area contributed by atoms with E-state index in [9.17, 15) is 4.79 Å². The van der Waals surface area contributed by atoms with Crippen molar-refractivity contribution in [2.24, 2.45) is 0 Å². The minimum Gasteiger partial charge on any atom is -0.345 e. The largest absolute Gasteiger partial charge is 0.345 e. The summed E-state index contributed by atoms with van der Waals surface area (Å²) in [5.41, 5.74) is 1.21. The van der Waals surface area contributed by atoms with Gasteiger partial charge in [-0.15, -0.1) is 0 Å². The number of carbonyl (C=O) groups excluding carboxylic acids is 1. The smallest absolute Gasteiger partial charge is 0.242 e. The zero-order chi connectivity index (χ0) is 13.0. The van der Waals surface area contributed by atoms with Crippen LogP contribution in [0.25, 0.3) is 0 Å². The molecule has 0 bridgehead atoms. The highest BCUT2D eigenvalue weighted by molar-refractivity contribution is 5.76. The van der Waals surface area contributed by atoms with E-state index < -0.39 is 0 Å². The van der Waals surface area contributed by atoms with E-state index in [1.54, 1.807) is 0 Å². The summed E-state index contributed by atoms with van der Waals surface area (Å²) in [5.74, 6) is 0.217. The number of amides is 1. The zero-order valence-electron chi connectivity index (χ0n) is 11.2. The maximum absolute atomic E-state index is 12.1. The molecule has 1 fully saturated rings. The van der Waals surface area contributed by atoms with Gasteiger partial charge < -0.3 is 19.7 Å². The van der Waals surface area contributed by atoms with Crippen molar-refractivity contribution >= 4 is 5.91 Å². The van der Waals surface area contributed by atoms with Gasteiger partial charge in [0.05, 0.1) is 0 Å². The van der Waals surface area contributed by atoms with Gasteiger partial charge in [-0.05, 0) is 25.7 Å². The number of carbonyl (C=O) groups is 1. The van der Waals surface area contributed by atoms with Gasteiger partial charge in [-0.1, -0.05) is 0 Å². The van der Waals surface area contributed by atoms with Crippen molar-refractivity contribution in [2.75, 3.05) is 40.3 Å². The van der Waals surface area contributed by atoms with E-state index in [-0.39, 0.29) is 5.91 Å². The minimum absolute atomic E-state index is 0.217. The Balaban J connectivity index is 1.86. The molecule has 1 aliphatic heterocycles. The van der Waals surface area contributed by atoms with Crippen LogP contribution in [0.3, 0.4) is 0 Å². The second-order valence-corrected chi connectivity index (χ2v) is 4.91. The molecule has 0 aliphatic carbocycles. The summed E-state index contributed by atoms with van der Waals surface area (Å²) in [7, 11) is 4.02. The Morgan fingerprint density at radius 1 is 1.33 bits per heavy atom. The van der Waals surface area contributed by atoms with Crippen molar-refractivity contribution in [1.29, 1.82) is 0 Å². The molecule has 1 N–H and O–H groups in total. The molecule has 0 radical (unpaired) electrons. The third kappa shape index (κ3) is 3.34. The predicted molar refractivity (Wildman–Crippen MR) is 71.3 cm³/mol. The third-order valence-electron chi connectivity index (χ3n) is 3.37. The molecule has 1 amide bonds. The average molecular weight is 250 g/mol. The molecule has 18 heavy (non-hydrogen) atoms. The maximum Gasteiger partial charge on any atom is 0.242 e. The second kappa shape index (κ2) is 6.02. The molecule has 1 aromatic heterocycles. The molecule has 100 valence electrons. The molecule has 0 unspecified atom stereocenters. The summed E-state index contributed by atoms with van der Waals surface area (Å²) >= 11 is 0. The lowest BCUT2D eigenvalue weighted by molar-refractivity contribution is -0.133. The van der Waals surface area contributed by atoms with Crippen LogP contribution in [-0.4, -0.2) is 60.5 Å². The average Bonchev–Trinajstić information content (AvgIpc) is 2.78. The summed E-state index contributed by atoms with van der Waals surface area (Å²) < 4.78 is 1.97. The van der Waals surface area contributed by atoms with Gasteiger partial charge in [-0.25, -0.2) is 0 Å². The fraction of sp³-hybridized carbons (Fsp3) is 0.615. The first kappa shape index (κ1) is 13.1. The van der Waals surface area contributed by atoms with Gasteiger partial charge >= 0.3 is 0 Å². The molecule has 1 aliphatic rings. The SMILES string of the molecule is CNCc1ccn(CC(=O)N2CCN(C)CC2)c1. The molecule has 2 heterocycles. The van der Waals surface area contributed by atoms with Crippen LogP contribution in [0.5, 0.6) is 0 Å². The highest BCUT2D eigenvalue weighted by Crippen LogP contribution is 2.04. The van der Waals surface area contributed by atoms with Gasteiger partial charge in [-0.2, -0.15) is 0 Å². The Labute approximate surface area is 108 Å². The van der Waals surface area contributed by atoms with Crippen LogP contribution < -0.4 is 5.32 Å². The summed E-state index contributed by atoms with van der Waals surface area (Å²) in [6, 6.07) is 2.05. The van der Waals surface area contributed by atoms with Crippen molar-refractivity contribution in [3.8, 4) is 0 Å². The molecule has 0 spiro atoms. The first-order valence-corrected chi connectivity index (χ1v) is 6.44. The lowest BCUT2D eigenvalue weighted by atomic mass is 10.3. The minimum atomic E-state index is 0.217. The van der Waals surface area contributed by atoms with Crippen LogP contribution in [-0.2, 0) is 17.9 Å². The Kier molecular flexibility index (Phi) is 4.38. The zero-order valence-corrected chi connectivity index (χ0v) is 11.2. The molecular weight excluding hydrogens is 228 g/mol. The molecule has 1 aromatic rings. The monoisotopic (exact) mass is 250 g/mol. The maximum atomic E-state index is 12.1. The fourth-order valence-corrected chi connectivity index (χ4v) is 2.21. The van der Waals surface area contributed by atoms with E-state index in [0.717, 1.165) is 32.7 Å². The van der Waals surface area contributed by atoms with Crippen molar-refractivity contribution in [1.82, 2.24) is 19.7 Å². The van der Waals surface area contributed by atoms with Crippen LogP contribution in [0.4, 0.5) is 0 Å². The molecule has 5 nitrogen and oxygen atoms in total. The van der Waals surface area contributed by atoms with Gasteiger partial charge in [0.2, 0.25) is 5.91 Å². The van der Waals surface area contributed by atoms with Crippen molar-refractivity contribution in [3.05, 3.63) is 24.0 Å². The van der Waals surface area contributed by atoms with Gasteiger partial charge in [-0.3, -0.25) is 4.79 Å². The predicted octanol–water partition coefficient (Wildman–Crippen LogP) is -0.0185. The van der Waals surface area contributed by atoms with Crippen LogP contribution >= 0.6 is 0 Å². The highest BCUT2D eigenvalue weighted by atomic mass is 16.2. The molecule has 5 heteroatoms. The molecule has 0 saturated carbocycles.